The molecule has 1 spiro atoms. The molecule has 1 fully saturated rings. The number of fused-ring (bicyclic) bond motifs is 2. The maximum atomic E-state index is 13.9. The standard InChI is InChI=1S/C14H13BrFNO3/c1-20-12(18)6-17-7-14(5-11(14)16)10-4-8(15)2-3-9(10)13(17)19/h2-4,11H,5-7H2,1H3/t11-,14-/m0/s1. The molecule has 1 aliphatic heterocycles. The summed E-state index contributed by atoms with van der Waals surface area (Å²) in [5.74, 6) is -0.743. The van der Waals surface area contributed by atoms with E-state index < -0.39 is 17.6 Å². The molecule has 1 aromatic rings. The first-order valence-corrected chi connectivity index (χ1v) is 7.07. The van der Waals surface area contributed by atoms with Crippen LogP contribution in [0.5, 0.6) is 0 Å². The summed E-state index contributed by atoms with van der Waals surface area (Å²) in [5, 5.41) is 0. The van der Waals surface area contributed by atoms with E-state index >= 15 is 0 Å². The second kappa shape index (κ2) is 4.55. The van der Waals surface area contributed by atoms with Gasteiger partial charge in [-0.15, -0.1) is 0 Å². The van der Waals surface area contributed by atoms with Crippen LogP contribution in [-0.2, 0) is 14.9 Å². The molecule has 1 amide bonds. The van der Waals surface area contributed by atoms with E-state index in [0.717, 1.165) is 10.0 Å². The predicted octanol–water partition coefficient (Wildman–Crippen LogP) is 2.06. The predicted molar refractivity (Wildman–Crippen MR) is 73.3 cm³/mol. The van der Waals surface area contributed by atoms with E-state index in [1.54, 1.807) is 12.1 Å². The molecule has 106 valence electrons. The lowest BCUT2D eigenvalue weighted by molar-refractivity contribution is -0.141. The van der Waals surface area contributed by atoms with Gasteiger partial charge in [0.15, 0.2) is 0 Å². The zero-order chi connectivity index (χ0) is 14.5. The highest BCUT2D eigenvalue weighted by atomic mass is 79.9. The lowest BCUT2D eigenvalue weighted by Crippen LogP contribution is -2.46. The third kappa shape index (κ3) is 1.93. The molecule has 1 aliphatic carbocycles. The van der Waals surface area contributed by atoms with Gasteiger partial charge in [-0.1, -0.05) is 15.9 Å². The number of benzene rings is 1. The van der Waals surface area contributed by atoms with Gasteiger partial charge >= 0.3 is 5.97 Å². The molecule has 6 heteroatoms. The van der Waals surface area contributed by atoms with Gasteiger partial charge in [-0.3, -0.25) is 9.59 Å². The number of amides is 1. The molecular formula is C14H13BrFNO3. The molecule has 2 atom stereocenters. The van der Waals surface area contributed by atoms with Gasteiger partial charge in [0.2, 0.25) is 0 Å². The first-order chi connectivity index (χ1) is 9.48. The summed E-state index contributed by atoms with van der Waals surface area (Å²) in [7, 11) is 1.27. The van der Waals surface area contributed by atoms with Crippen LogP contribution in [0.25, 0.3) is 0 Å². The van der Waals surface area contributed by atoms with Crippen molar-refractivity contribution in [2.75, 3.05) is 20.2 Å². The summed E-state index contributed by atoms with van der Waals surface area (Å²) < 4.78 is 19.3. The van der Waals surface area contributed by atoms with Crippen molar-refractivity contribution >= 4 is 27.8 Å². The molecule has 0 N–H and O–H groups in total. The molecular weight excluding hydrogens is 329 g/mol. The van der Waals surface area contributed by atoms with E-state index in [0.29, 0.717) is 12.0 Å². The number of halogens is 2. The first kappa shape index (κ1) is 13.5. The Labute approximate surface area is 124 Å². The Morgan fingerprint density at radius 2 is 2.30 bits per heavy atom. The number of hydrogen-bond donors (Lipinski definition) is 0. The fourth-order valence-corrected chi connectivity index (χ4v) is 3.20. The SMILES string of the molecule is COC(=O)CN1C[C@@]2(C[C@@H]2F)c2cc(Br)ccc2C1=O. The van der Waals surface area contributed by atoms with Crippen LogP contribution in [-0.4, -0.2) is 43.1 Å². The van der Waals surface area contributed by atoms with E-state index in [9.17, 15) is 14.0 Å². The largest absolute Gasteiger partial charge is 0.468 e. The zero-order valence-corrected chi connectivity index (χ0v) is 12.4. The summed E-state index contributed by atoms with van der Waals surface area (Å²) >= 11 is 3.35. The van der Waals surface area contributed by atoms with Crippen LogP contribution in [0.1, 0.15) is 22.3 Å². The summed E-state index contributed by atoms with van der Waals surface area (Å²) in [6.45, 7) is 0.0882. The van der Waals surface area contributed by atoms with E-state index in [-0.39, 0.29) is 19.0 Å². The number of ether oxygens (including phenoxy) is 1. The molecule has 1 heterocycles. The van der Waals surface area contributed by atoms with Crippen molar-refractivity contribution in [1.29, 1.82) is 0 Å². The Morgan fingerprint density at radius 3 is 2.90 bits per heavy atom. The molecule has 4 nitrogen and oxygen atoms in total. The van der Waals surface area contributed by atoms with Gasteiger partial charge in [-0.2, -0.15) is 0 Å². The van der Waals surface area contributed by atoms with Crippen molar-refractivity contribution < 1.29 is 18.7 Å². The minimum absolute atomic E-state index is 0.140. The minimum atomic E-state index is -0.969. The molecule has 1 aromatic carbocycles. The van der Waals surface area contributed by atoms with Gasteiger partial charge in [0, 0.05) is 22.0 Å². The highest BCUT2D eigenvalue weighted by Crippen LogP contribution is 2.54. The van der Waals surface area contributed by atoms with E-state index in [4.69, 9.17) is 0 Å². The van der Waals surface area contributed by atoms with Gasteiger partial charge in [-0.25, -0.2) is 4.39 Å². The second-order valence-corrected chi connectivity index (χ2v) is 6.17. The number of rotatable bonds is 2. The third-order valence-corrected chi connectivity index (χ3v) is 4.53. The summed E-state index contributed by atoms with van der Waals surface area (Å²) in [5.41, 5.74) is 0.565. The van der Waals surface area contributed by atoms with Crippen LogP contribution in [0.15, 0.2) is 22.7 Å². The molecule has 20 heavy (non-hydrogen) atoms. The Morgan fingerprint density at radius 1 is 1.60 bits per heavy atom. The minimum Gasteiger partial charge on any atom is -0.468 e. The molecule has 0 radical (unpaired) electrons. The Balaban J connectivity index is 2.01. The molecule has 1 saturated carbocycles. The van der Waals surface area contributed by atoms with Crippen LogP contribution in [0.2, 0.25) is 0 Å². The van der Waals surface area contributed by atoms with Gasteiger partial charge in [0.05, 0.1) is 7.11 Å². The van der Waals surface area contributed by atoms with Crippen LogP contribution in [0.4, 0.5) is 4.39 Å². The average Bonchev–Trinajstić information content (AvgIpc) is 3.06. The van der Waals surface area contributed by atoms with Crippen molar-refractivity contribution in [1.82, 2.24) is 4.90 Å². The fourth-order valence-electron chi connectivity index (χ4n) is 2.83. The molecule has 0 unspecified atom stereocenters. The Hall–Kier alpha value is -1.43. The van der Waals surface area contributed by atoms with Crippen molar-refractivity contribution in [3.63, 3.8) is 0 Å². The van der Waals surface area contributed by atoms with Crippen LogP contribution >= 0.6 is 15.9 Å². The summed E-state index contributed by atoms with van der Waals surface area (Å²) in [6, 6.07) is 5.24. The lowest BCUT2D eigenvalue weighted by Gasteiger charge is -2.34. The molecule has 2 aliphatic rings. The number of carbonyl (C=O) groups is 2. The fraction of sp³-hybridized carbons (Fsp3) is 0.429. The van der Waals surface area contributed by atoms with E-state index in [2.05, 4.69) is 20.7 Å². The topological polar surface area (TPSA) is 46.6 Å². The van der Waals surface area contributed by atoms with Crippen molar-refractivity contribution in [2.24, 2.45) is 0 Å². The normalized spacial score (nSPS) is 27.4. The average molecular weight is 342 g/mol. The number of carbonyl (C=O) groups excluding carboxylic acids is 2. The van der Waals surface area contributed by atoms with E-state index in [1.807, 2.05) is 6.07 Å². The van der Waals surface area contributed by atoms with Crippen molar-refractivity contribution in [3.05, 3.63) is 33.8 Å². The van der Waals surface area contributed by atoms with Crippen LogP contribution in [0, 0.1) is 0 Å². The summed E-state index contributed by atoms with van der Waals surface area (Å²) in [4.78, 5) is 25.1. The number of nitrogens with zero attached hydrogens (tertiary/aromatic N) is 1. The second-order valence-electron chi connectivity index (χ2n) is 5.26. The molecule has 3 rings (SSSR count). The Bertz CT molecular complexity index is 606. The lowest BCUT2D eigenvalue weighted by atomic mass is 9.86. The maximum Gasteiger partial charge on any atom is 0.325 e. The van der Waals surface area contributed by atoms with Crippen molar-refractivity contribution in [3.8, 4) is 0 Å². The van der Waals surface area contributed by atoms with Crippen molar-refractivity contribution in [2.45, 2.75) is 18.0 Å². The van der Waals surface area contributed by atoms with Gasteiger partial charge in [0.1, 0.15) is 12.7 Å². The number of alkyl halides is 1. The zero-order valence-electron chi connectivity index (χ0n) is 10.9. The summed E-state index contributed by atoms with van der Waals surface area (Å²) in [6.07, 6.45) is -0.578. The molecule has 0 saturated heterocycles. The number of methoxy groups -OCH3 is 1. The van der Waals surface area contributed by atoms with Gasteiger partial charge in [-0.05, 0) is 30.2 Å². The molecule has 0 bridgehead atoms. The monoisotopic (exact) mass is 341 g/mol. The maximum absolute atomic E-state index is 13.9. The van der Waals surface area contributed by atoms with Crippen LogP contribution in [0.3, 0.4) is 0 Å². The molecule has 0 aromatic heterocycles. The van der Waals surface area contributed by atoms with E-state index in [1.165, 1.54) is 12.0 Å². The first-order valence-electron chi connectivity index (χ1n) is 6.28. The quantitative estimate of drug-likeness (QED) is 0.773. The highest BCUT2D eigenvalue weighted by molar-refractivity contribution is 9.10. The smallest absolute Gasteiger partial charge is 0.325 e. The van der Waals surface area contributed by atoms with Crippen LogP contribution < -0.4 is 0 Å². The number of esters is 1. The Kier molecular flexibility index (Phi) is 3.08. The highest BCUT2D eigenvalue weighted by Gasteiger charge is 2.61. The number of hydrogen-bond acceptors (Lipinski definition) is 3. The van der Waals surface area contributed by atoms with Gasteiger partial charge in [0.25, 0.3) is 5.91 Å². The third-order valence-electron chi connectivity index (χ3n) is 4.04. The van der Waals surface area contributed by atoms with Gasteiger partial charge < -0.3 is 9.64 Å².